The summed E-state index contributed by atoms with van der Waals surface area (Å²) in [5.41, 5.74) is 7.61. The van der Waals surface area contributed by atoms with Crippen molar-refractivity contribution in [2.24, 2.45) is 5.73 Å². The summed E-state index contributed by atoms with van der Waals surface area (Å²) in [6.45, 7) is 2.67. The van der Waals surface area contributed by atoms with E-state index in [4.69, 9.17) is 5.73 Å². The summed E-state index contributed by atoms with van der Waals surface area (Å²) in [7, 11) is 2.03. The molecule has 0 unspecified atom stereocenters. The van der Waals surface area contributed by atoms with E-state index in [1.165, 1.54) is 0 Å². The highest BCUT2D eigenvalue weighted by atomic mass is 79.9. The van der Waals surface area contributed by atoms with Crippen molar-refractivity contribution in [3.05, 3.63) is 28.2 Å². The Labute approximate surface area is 123 Å². The molecule has 0 aliphatic heterocycles. The Morgan fingerprint density at radius 3 is 2.58 bits per heavy atom. The molecule has 0 bridgehead atoms. The van der Waals surface area contributed by atoms with Gasteiger partial charge in [-0.1, -0.05) is 34.8 Å². The molecule has 0 spiro atoms. The molecule has 19 heavy (non-hydrogen) atoms. The highest BCUT2D eigenvalue weighted by Gasteiger charge is 2.32. The maximum atomic E-state index is 10.5. The minimum absolute atomic E-state index is 0.0211. The highest BCUT2D eigenvalue weighted by molar-refractivity contribution is 9.10. The van der Waals surface area contributed by atoms with Crippen LogP contribution in [0.15, 0.2) is 22.7 Å². The van der Waals surface area contributed by atoms with E-state index in [-0.39, 0.29) is 6.04 Å². The number of rotatable bonds is 4. The first-order chi connectivity index (χ1) is 8.91. The lowest BCUT2D eigenvalue weighted by Gasteiger charge is -2.30. The Morgan fingerprint density at radius 2 is 2.05 bits per heavy atom. The van der Waals surface area contributed by atoms with Crippen molar-refractivity contribution in [2.75, 3.05) is 18.5 Å². The number of aliphatic hydroxyl groups is 1. The second-order valence-corrected chi connectivity index (χ2v) is 6.64. The quantitative estimate of drug-likeness (QED) is 0.893. The van der Waals surface area contributed by atoms with Gasteiger partial charge in [-0.2, -0.15) is 0 Å². The maximum absolute atomic E-state index is 10.5. The third kappa shape index (κ3) is 3.50. The zero-order valence-corrected chi connectivity index (χ0v) is 13.3. The van der Waals surface area contributed by atoms with Crippen molar-refractivity contribution in [3.63, 3.8) is 0 Å². The molecule has 1 saturated carbocycles. The van der Waals surface area contributed by atoms with Crippen molar-refractivity contribution in [3.8, 4) is 0 Å². The molecule has 0 aromatic heterocycles. The van der Waals surface area contributed by atoms with Crippen LogP contribution in [0.25, 0.3) is 0 Å². The van der Waals surface area contributed by atoms with Gasteiger partial charge in [-0.3, -0.25) is 0 Å². The number of likely N-dealkylation sites (N-methyl/N-ethyl adjacent to an activating group) is 1. The van der Waals surface area contributed by atoms with Crippen molar-refractivity contribution < 1.29 is 5.11 Å². The molecule has 0 saturated heterocycles. The number of nitrogens with zero attached hydrogens (tertiary/aromatic N) is 1. The van der Waals surface area contributed by atoms with E-state index in [1.807, 2.05) is 14.0 Å². The van der Waals surface area contributed by atoms with Crippen molar-refractivity contribution in [2.45, 2.75) is 44.2 Å². The van der Waals surface area contributed by atoms with Crippen LogP contribution in [0.2, 0.25) is 0 Å². The van der Waals surface area contributed by atoms with Crippen LogP contribution in [0, 0.1) is 0 Å². The zero-order chi connectivity index (χ0) is 14.0. The molecular weight excluding hydrogens is 304 g/mol. The minimum atomic E-state index is -0.513. The van der Waals surface area contributed by atoms with Crippen LogP contribution in [-0.4, -0.2) is 24.3 Å². The van der Waals surface area contributed by atoms with E-state index < -0.39 is 5.60 Å². The van der Waals surface area contributed by atoms with Crippen LogP contribution in [0.4, 0.5) is 5.69 Å². The Bertz CT molecular complexity index is 442. The summed E-state index contributed by atoms with van der Waals surface area (Å²) in [6.07, 6.45) is 4.10. The van der Waals surface area contributed by atoms with Crippen LogP contribution in [0.1, 0.15) is 44.2 Å². The molecule has 1 aliphatic carbocycles. The third-order valence-electron chi connectivity index (χ3n) is 3.98. The van der Waals surface area contributed by atoms with Gasteiger partial charge in [-0.25, -0.2) is 0 Å². The average molecular weight is 327 g/mol. The number of benzene rings is 1. The predicted molar refractivity (Wildman–Crippen MR) is 83.4 cm³/mol. The van der Waals surface area contributed by atoms with E-state index in [9.17, 15) is 5.11 Å². The maximum Gasteiger partial charge on any atom is 0.0821 e. The van der Waals surface area contributed by atoms with Gasteiger partial charge >= 0.3 is 0 Å². The smallest absolute Gasteiger partial charge is 0.0821 e. The molecule has 0 amide bonds. The summed E-state index contributed by atoms with van der Waals surface area (Å²) in [4.78, 5) is 2.13. The lowest BCUT2D eigenvalue weighted by atomic mass is 10.0. The van der Waals surface area contributed by atoms with Gasteiger partial charge < -0.3 is 15.7 Å². The van der Waals surface area contributed by atoms with Gasteiger partial charge in [0.15, 0.2) is 0 Å². The van der Waals surface area contributed by atoms with E-state index >= 15 is 0 Å². The van der Waals surface area contributed by atoms with Gasteiger partial charge in [0.05, 0.1) is 5.60 Å². The number of halogens is 1. The van der Waals surface area contributed by atoms with Gasteiger partial charge in [-0.05, 0) is 37.5 Å². The van der Waals surface area contributed by atoms with Crippen molar-refractivity contribution in [1.29, 1.82) is 0 Å². The van der Waals surface area contributed by atoms with E-state index in [1.54, 1.807) is 0 Å². The summed E-state index contributed by atoms with van der Waals surface area (Å²) in [5.74, 6) is 0. The highest BCUT2D eigenvalue weighted by Crippen LogP contribution is 2.32. The van der Waals surface area contributed by atoms with Gasteiger partial charge in [0.2, 0.25) is 0 Å². The average Bonchev–Trinajstić information content (AvgIpc) is 2.75. The Balaban J connectivity index is 2.11. The third-order valence-corrected chi connectivity index (χ3v) is 4.67. The van der Waals surface area contributed by atoms with Gasteiger partial charge in [0, 0.05) is 29.8 Å². The van der Waals surface area contributed by atoms with Crippen LogP contribution >= 0.6 is 15.9 Å². The first kappa shape index (κ1) is 14.8. The standard InChI is InChI=1S/C15H23BrN2O/c1-11(17)13-6-5-12(9-14(13)16)18(2)10-15(19)7-3-4-8-15/h5-6,9,11,19H,3-4,7-8,10,17H2,1-2H3/t11-/m1/s1. The lowest BCUT2D eigenvalue weighted by molar-refractivity contribution is 0.0559. The van der Waals surface area contributed by atoms with E-state index in [2.05, 4.69) is 39.0 Å². The monoisotopic (exact) mass is 326 g/mol. The first-order valence-electron chi connectivity index (χ1n) is 6.90. The molecule has 106 valence electrons. The zero-order valence-electron chi connectivity index (χ0n) is 11.7. The molecule has 4 heteroatoms. The molecule has 1 atom stereocenters. The molecule has 0 heterocycles. The second kappa shape index (κ2) is 5.81. The Hall–Kier alpha value is -0.580. The van der Waals surface area contributed by atoms with Gasteiger partial charge in [0.1, 0.15) is 0 Å². The molecule has 1 aromatic carbocycles. The molecule has 1 aromatic rings. The van der Waals surface area contributed by atoms with Crippen molar-refractivity contribution >= 4 is 21.6 Å². The summed E-state index contributed by atoms with van der Waals surface area (Å²) < 4.78 is 1.03. The molecule has 1 fully saturated rings. The number of anilines is 1. The normalized spacial score (nSPS) is 19.4. The van der Waals surface area contributed by atoms with Crippen LogP contribution < -0.4 is 10.6 Å². The van der Waals surface area contributed by atoms with Crippen LogP contribution in [-0.2, 0) is 0 Å². The fraction of sp³-hybridized carbons (Fsp3) is 0.600. The number of hydrogen-bond donors (Lipinski definition) is 2. The Morgan fingerprint density at radius 1 is 1.42 bits per heavy atom. The van der Waals surface area contributed by atoms with Gasteiger partial charge in [-0.15, -0.1) is 0 Å². The lowest BCUT2D eigenvalue weighted by Crippen LogP contribution is -2.39. The van der Waals surface area contributed by atoms with E-state index in [0.717, 1.165) is 41.4 Å². The van der Waals surface area contributed by atoms with Gasteiger partial charge in [0.25, 0.3) is 0 Å². The number of hydrogen-bond acceptors (Lipinski definition) is 3. The number of nitrogens with two attached hydrogens (primary N) is 1. The Kier molecular flexibility index (Phi) is 4.54. The summed E-state index contributed by atoms with van der Waals surface area (Å²) >= 11 is 3.57. The fourth-order valence-electron chi connectivity index (χ4n) is 2.85. The van der Waals surface area contributed by atoms with Crippen LogP contribution in [0.3, 0.4) is 0 Å². The van der Waals surface area contributed by atoms with Crippen LogP contribution in [0.5, 0.6) is 0 Å². The second-order valence-electron chi connectivity index (χ2n) is 5.78. The summed E-state index contributed by atoms with van der Waals surface area (Å²) in [5, 5.41) is 10.5. The molecule has 2 rings (SSSR count). The van der Waals surface area contributed by atoms with Crippen molar-refractivity contribution in [1.82, 2.24) is 0 Å². The summed E-state index contributed by atoms with van der Waals surface area (Å²) in [6, 6.07) is 6.23. The van der Waals surface area contributed by atoms with E-state index in [0.29, 0.717) is 6.54 Å². The molecule has 3 N–H and O–H groups in total. The minimum Gasteiger partial charge on any atom is -0.388 e. The first-order valence-corrected chi connectivity index (χ1v) is 7.69. The molecule has 1 aliphatic rings. The largest absolute Gasteiger partial charge is 0.388 e. The molecule has 3 nitrogen and oxygen atoms in total. The SMILES string of the molecule is C[C@@H](N)c1ccc(N(C)CC2(O)CCCC2)cc1Br. The molecule has 0 radical (unpaired) electrons. The molecular formula is C15H23BrN2O. The predicted octanol–water partition coefficient (Wildman–Crippen LogP) is 3.21. The topological polar surface area (TPSA) is 49.5 Å². The fourth-order valence-corrected chi connectivity index (χ4v) is 3.57.